The summed E-state index contributed by atoms with van der Waals surface area (Å²) >= 11 is 0. The zero-order valence-electron chi connectivity index (χ0n) is 6.92. The van der Waals surface area contributed by atoms with Gasteiger partial charge in [0.25, 0.3) is 5.91 Å². The first-order chi connectivity index (χ1) is 5.72. The van der Waals surface area contributed by atoms with Crippen molar-refractivity contribution in [3.63, 3.8) is 0 Å². The number of aryl methyl sites for hydroxylation is 1. The van der Waals surface area contributed by atoms with Gasteiger partial charge in [0.2, 0.25) is 5.95 Å². The van der Waals surface area contributed by atoms with Crippen molar-refractivity contribution in [2.24, 2.45) is 0 Å². The number of carbonyl (C=O) groups is 1. The Bertz CT molecular complexity index is 270. The lowest BCUT2D eigenvalue weighted by Crippen LogP contribution is -2.17. The van der Waals surface area contributed by atoms with Gasteiger partial charge in [0, 0.05) is 7.11 Å². The lowest BCUT2D eigenvalue weighted by molar-refractivity contribution is -0.119. The fraction of sp³-hybridized carbons (Fsp3) is 0.500. The third-order valence-electron chi connectivity index (χ3n) is 1.12. The molecule has 0 bridgehead atoms. The summed E-state index contributed by atoms with van der Waals surface area (Å²) in [5.41, 5.74) is 0. The molecule has 0 saturated carbocycles. The van der Waals surface area contributed by atoms with Crippen molar-refractivity contribution in [1.82, 2.24) is 15.2 Å². The van der Waals surface area contributed by atoms with Crippen LogP contribution in [-0.2, 0) is 9.53 Å². The number of aromatic nitrogens is 3. The molecule has 0 atom stereocenters. The molecule has 0 aliphatic heterocycles. The minimum atomic E-state index is -0.267. The minimum Gasteiger partial charge on any atom is -0.375 e. The van der Waals surface area contributed by atoms with E-state index in [0.717, 1.165) is 0 Å². The van der Waals surface area contributed by atoms with Gasteiger partial charge in [-0.15, -0.1) is 5.10 Å². The maximum absolute atomic E-state index is 10.9. The molecule has 6 nitrogen and oxygen atoms in total. The second kappa shape index (κ2) is 3.82. The molecule has 6 heteroatoms. The van der Waals surface area contributed by atoms with Crippen LogP contribution in [0, 0.1) is 6.92 Å². The summed E-state index contributed by atoms with van der Waals surface area (Å²) in [6, 6.07) is 0. The van der Waals surface area contributed by atoms with E-state index in [1.165, 1.54) is 7.11 Å². The van der Waals surface area contributed by atoms with Gasteiger partial charge in [-0.3, -0.25) is 15.2 Å². The molecule has 1 amide bonds. The number of aromatic amines is 1. The van der Waals surface area contributed by atoms with E-state index in [-0.39, 0.29) is 18.5 Å². The Kier molecular flexibility index (Phi) is 2.76. The maximum atomic E-state index is 10.9. The normalized spacial score (nSPS) is 9.83. The van der Waals surface area contributed by atoms with E-state index in [1.807, 2.05) is 0 Å². The Balaban J connectivity index is 2.46. The van der Waals surface area contributed by atoms with Gasteiger partial charge in [-0.25, -0.2) is 0 Å². The summed E-state index contributed by atoms with van der Waals surface area (Å²) in [6.07, 6.45) is 0. The predicted octanol–water partition coefficient (Wildman–Crippen LogP) is -0.302. The molecule has 0 saturated heterocycles. The van der Waals surface area contributed by atoms with Crippen molar-refractivity contribution in [3.8, 4) is 0 Å². The van der Waals surface area contributed by atoms with Crippen molar-refractivity contribution in [3.05, 3.63) is 5.82 Å². The molecule has 0 aromatic carbocycles. The molecule has 66 valence electrons. The molecule has 1 aromatic rings. The van der Waals surface area contributed by atoms with Gasteiger partial charge in [0.15, 0.2) is 0 Å². The van der Waals surface area contributed by atoms with Crippen LogP contribution >= 0.6 is 0 Å². The average molecular weight is 170 g/mol. The SMILES string of the molecule is COCC(=O)Nc1n[nH]c(C)n1. The molecular weight excluding hydrogens is 160 g/mol. The smallest absolute Gasteiger partial charge is 0.252 e. The third kappa shape index (κ3) is 2.31. The fourth-order valence-electron chi connectivity index (χ4n) is 0.690. The van der Waals surface area contributed by atoms with E-state index >= 15 is 0 Å². The molecule has 0 fully saturated rings. The first-order valence-corrected chi connectivity index (χ1v) is 3.40. The minimum absolute atomic E-state index is 0.00753. The highest BCUT2D eigenvalue weighted by atomic mass is 16.5. The summed E-state index contributed by atoms with van der Waals surface area (Å²) in [5.74, 6) is 0.661. The molecular formula is C6H10N4O2. The number of methoxy groups -OCH3 is 1. The summed E-state index contributed by atoms with van der Waals surface area (Å²) in [6.45, 7) is 1.76. The number of ether oxygens (including phenoxy) is 1. The number of carbonyl (C=O) groups excluding carboxylic acids is 1. The topological polar surface area (TPSA) is 79.9 Å². The van der Waals surface area contributed by atoms with E-state index in [2.05, 4.69) is 25.2 Å². The highest BCUT2D eigenvalue weighted by Gasteiger charge is 2.04. The second-order valence-corrected chi connectivity index (χ2v) is 2.23. The molecule has 12 heavy (non-hydrogen) atoms. The van der Waals surface area contributed by atoms with Gasteiger partial charge in [0.1, 0.15) is 12.4 Å². The standard InChI is InChI=1S/C6H10N4O2/c1-4-7-6(10-9-4)8-5(11)3-12-2/h3H2,1-2H3,(H2,7,8,9,10,11). The van der Waals surface area contributed by atoms with Crippen molar-refractivity contribution in [2.45, 2.75) is 6.92 Å². The number of anilines is 1. The van der Waals surface area contributed by atoms with Gasteiger partial charge in [-0.1, -0.05) is 0 Å². The summed E-state index contributed by atoms with van der Waals surface area (Å²) in [7, 11) is 1.45. The summed E-state index contributed by atoms with van der Waals surface area (Å²) in [5, 5.41) is 8.76. The van der Waals surface area contributed by atoms with E-state index in [4.69, 9.17) is 0 Å². The Labute approximate surface area is 69.3 Å². The first kappa shape index (κ1) is 8.66. The van der Waals surface area contributed by atoms with Gasteiger partial charge < -0.3 is 4.74 Å². The van der Waals surface area contributed by atoms with E-state index in [9.17, 15) is 4.79 Å². The highest BCUT2D eigenvalue weighted by Crippen LogP contribution is 1.95. The fourth-order valence-corrected chi connectivity index (χ4v) is 0.690. The third-order valence-corrected chi connectivity index (χ3v) is 1.12. The highest BCUT2D eigenvalue weighted by molar-refractivity contribution is 5.89. The van der Waals surface area contributed by atoms with Crippen LogP contribution in [-0.4, -0.2) is 34.8 Å². The second-order valence-electron chi connectivity index (χ2n) is 2.23. The van der Waals surface area contributed by atoms with Gasteiger partial charge in [-0.05, 0) is 6.92 Å². The predicted molar refractivity (Wildman–Crippen MR) is 41.6 cm³/mol. The van der Waals surface area contributed by atoms with E-state index < -0.39 is 0 Å². The molecule has 1 heterocycles. The lowest BCUT2D eigenvalue weighted by Gasteiger charge is -1.97. The number of amides is 1. The molecule has 2 N–H and O–H groups in total. The Hall–Kier alpha value is -1.43. The number of nitrogens with one attached hydrogen (secondary N) is 2. The Morgan fingerprint density at radius 2 is 2.50 bits per heavy atom. The summed E-state index contributed by atoms with van der Waals surface area (Å²) in [4.78, 5) is 14.8. The number of hydrogen-bond donors (Lipinski definition) is 2. The Morgan fingerprint density at radius 3 is 3.00 bits per heavy atom. The van der Waals surface area contributed by atoms with E-state index in [1.54, 1.807) is 6.92 Å². The lowest BCUT2D eigenvalue weighted by atomic mass is 10.6. The molecule has 0 aliphatic rings. The van der Waals surface area contributed by atoms with Gasteiger partial charge >= 0.3 is 0 Å². The van der Waals surface area contributed by atoms with Crippen molar-refractivity contribution in [1.29, 1.82) is 0 Å². The molecule has 0 spiro atoms. The molecule has 0 unspecified atom stereocenters. The van der Waals surface area contributed by atoms with Crippen LogP contribution in [0.5, 0.6) is 0 Å². The number of H-pyrrole nitrogens is 1. The van der Waals surface area contributed by atoms with Crippen LogP contribution in [0.1, 0.15) is 5.82 Å². The molecule has 0 aliphatic carbocycles. The number of nitrogens with zero attached hydrogens (tertiary/aromatic N) is 2. The number of hydrogen-bond acceptors (Lipinski definition) is 4. The largest absolute Gasteiger partial charge is 0.375 e. The quantitative estimate of drug-likeness (QED) is 0.652. The van der Waals surface area contributed by atoms with E-state index in [0.29, 0.717) is 5.82 Å². The van der Waals surface area contributed by atoms with Crippen LogP contribution in [0.4, 0.5) is 5.95 Å². The van der Waals surface area contributed by atoms with Crippen LogP contribution in [0.25, 0.3) is 0 Å². The van der Waals surface area contributed by atoms with Crippen LogP contribution < -0.4 is 5.32 Å². The van der Waals surface area contributed by atoms with Gasteiger partial charge in [0.05, 0.1) is 0 Å². The maximum Gasteiger partial charge on any atom is 0.252 e. The van der Waals surface area contributed by atoms with Crippen LogP contribution in [0.3, 0.4) is 0 Å². The van der Waals surface area contributed by atoms with Crippen molar-refractivity contribution < 1.29 is 9.53 Å². The zero-order valence-corrected chi connectivity index (χ0v) is 6.92. The van der Waals surface area contributed by atoms with Crippen LogP contribution in [0.15, 0.2) is 0 Å². The van der Waals surface area contributed by atoms with Crippen LogP contribution in [0.2, 0.25) is 0 Å². The summed E-state index contributed by atoms with van der Waals surface area (Å²) < 4.78 is 4.60. The van der Waals surface area contributed by atoms with Gasteiger partial charge in [-0.2, -0.15) is 4.98 Å². The zero-order chi connectivity index (χ0) is 8.97. The first-order valence-electron chi connectivity index (χ1n) is 3.40. The number of rotatable bonds is 3. The van der Waals surface area contributed by atoms with Crippen molar-refractivity contribution in [2.75, 3.05) is 19.0 Å². The molecule has 1 rings (SSSR count). The van der Waals surface area contributed by atoms with Crippen molar-refractivity contribution >= 4 is 11.9 Å². The molecule has 0 radical (unpaired) electrons. The Morgan fingerprint density at radius 1 is 1.75 bits per heavy atom. The average Bonchev–Trinajstić information content (AvgIpc) is 2.36. The molecule has 1 aromatic heterocycles. The monoisotopic (exact) mass is 170 g/mol.